The molecule has 0 spiro atoms. The van der Waals surface area contributed by atoms with Crippen LogP contribution in [0, 0.1) is 41.4 Å². The predicted molar refractivity (Wildman–Crippen MR) is 99.2 cm³/mol. The fourth-order valence-electron chi connectivity index (χ4n) is 5.23. The Bertz CT molecular complexity index is 632. The third-order valence-corrected chi connectivity index (χ3v) is 6.67. The van der Waals surface area contributed by atoms with E-state index in [-0.39, 0.29) is 24.0 Å². The summed E-state index contributed by atoms with van der Waals surface area (Å²) in [5.41, 5.74) is 1.33. The zero-order chi connectivity index (χ0) is 18.7. The minimum Gasteiger partial charge on any atom is -0.481 e. The highest BCUT2D eigenvalue weighted by Gasteiger charge is 2.51. The highest BCUT2D eigenvalue weighted by molar-refractivity contribution is 5.97. The number of carbonyl (C=O) groups is 2. The van der Waals surface area contributed by atoms with Crippen LogP contribution in [-0.4, -0.2) is 28.1 Å². The number of Topliss-reactive ketones (excluding diaryl/α,β-unsaturated/α-hetero) is 1. The number of carbonyl (C=O) groups excluding carboxylic acids is 1. The SMILES string of the molecule is CC1C(=CCCC(=O)O)[C@H]2CC[C@@H](O)[C@H](C#CC(=O)C3CCCCC3)[C@@H]12. The second-order valence-corrected chi connectivity index (χ2v) is 8.25. The molecule has 0 radical (unpaired) electrons. The van der Waals surface area contributed by atoms with Crippen molar-refractivity contribution in [2.45, 2.75) is 70.8 Å². The summed E-state index contributed by atoms with van der Waals surface area (Å²) in [6, 6.07) is 0. The maximum Gasteiger partial charge on any atom is 0.303 e. The molecule has 0 saturated heterocycles. The monoisotopic (exact) mass is 358 g/mol. The van der Waals surface area contributed by atoms with Gasteiger partial charge < -0.3 is 10.2 Å². The number of ketones is 1. The Hall–Kier alpha value is -1.60. The van der Waals surface area contributed by atoms with Crippen molar-refractivity contribution in [2.75, 3.05) is 0 Å². The Morgan fingerprint density at radius 1 is 1.15 bits per heavy atom. The van der Waals surface area contributed by atoms with Crippen LogP contribution in [0.5, 0.6) is 0 Å². The molecule has 4 nitrogen and oxygen atoms in total. The van der Waals surface area contributed by atoms with E-state index in [1.807, 2.05) is 0 Å². The zero-order valence-corrected chi connectivity index (χ0v) is 15.6. The van der Waals surface area contributed by atoms with E-state index in [9.17, 15) is 14.7 Å². The molecule has 0 aromatic rings. The van der Waals surface area contributed by atoms with Crippen molar-refractivity contribution in [3.05, 3.63) is 11.6 Å². The zero-order valence-electron chi connectivity index (χ0n) is 15.6. The van der Waals surface area contributed by atoms with Crippen molar-refractivity contribution in [3.63, 3.8) is 0 Å². The van der Waals surface area contributed by atoms with E-state index in [2.05, 4.69) is 24.8 Å². The largest absolute Gasteiger partial charge is 0.481 e. The molecule has 0 aromatic carbocycles. The number of rotatable bonds is 4. The van der Waals surface area contributed by atoms with Gasteiger partial charge in [-0.2, -0.15) is 0 Å². The van der Waals surface area contributed by atoms with Crippen molar-refractivity contribution in [1.29, 1.82) is 0 Å². The molecular formula is C22H30O4. The van der Waals surface area contributed by atoms with Gasteiger partial charge >= 0.3 is 5.97 Å². The first-order valence-electron chi connectivity index (χ1n) is 10.1. The molecule has 2 N–H and O–H groups in total. The van der Waals surface area contributed by atoms with Crippen molar-refractivity contribution in [3.8, 4) is 11.8 Å². The Morgan fingerprint density at radius 3 is 2.58 bits per heavy atom. The minimum absolute atomic E-state index is 0.0585. The predicted octanol–water partition coefficient (Wildman–Crippen LogP) is 3.58. The molecule has 3 saturated carbocycles. The molecular weight excluding hydrogens is 328 g/mol. The van der Waals surface area contributed by atoms with Crippen molar-refractivity contribution in [1.82, 2.24) is 0 Å². The molecule has 3 aliphatic rings. The quantitative estimate of drug-likeness (QED) is 0.458. The molecule has 0 bridgehead atoms. The van der Waals surface area contributed by atoms with E-state index in [1.54, 1.807) is 0 Å². The third-order valence-electron chi connectivity index (χ3n) is 6.67. The van der Waals surface area contributed by atoms with Crippen LogP contribution in [0.15, 0.2) is 11.6 Å². The molecule has 1 unspecified atom stereocenters. The van der Waals surface area contributed by atoms with Crippen LogP contribution in [0.2, 0.25) is 0 Å². The van der Waals surface area contributed by atoms with Crippen LogP contribution in [0.25, 0.3) is 0 Å². The van der Waals surface area contributed by atoms with Gasteiger partial charge in [-0.3, -0.25) is 9.59 Å². The summed E-state index contributed by atoms with van der Waals surface area (Å²) in [6.45, 7) is 2.14. The van der Waals surface area contributed by atoms with Crippen molar-refractivity contribution < 1.29 is 19.8 Å². The molecule has 142 valence electrons. The topological polar surface area (TPSA) is 74.6 Å². The van der Waals surface area contributed by atoms with Crippen molar-refractivity contribution >= 4 is 11.8 Å². The van der Waals surface area contributed by atoms with Gasteiger partial charge in [0.1, 0.15) is 0 Å². The minimum atomic E-state index is -0.769. The normalized spacial score (nSPS) is 35.8. The van der Waals surface area contributed by atoms with Gasteiger partial charge in [0.2, 0.25) is 5.78 Å². The van der Waals surface area contributed by atoms with Gasteiger partial charge in [0.15, 0.2) is 0 Å². The van der Waals surface area contributed by atoms with Crippen molar-refractivity contribution in [2.24, 2.45) is 29.6 Å². The number of allylic oxidation sites excluding steroid dienone is 2. The second-order valence-electron chi connectivity index (χ2n) is 8.25. The van der Waals surface area contributed by atoms with Crippen LogP contribution < -0.4 is 0 Å². The highest BCUT2D eigenvalue weighted by atomic mass is 16.4. The molecule has 3 aliphatic carbocycles. The van der Waals surface area contributed by atoms with Crippen LogP contribution in [0.4, 0.5) is 0 Å². The summed E-state index contributed by atoms with van der Waals surface area (Å²) in [7, 11) is 0. The van der Waals surface area contributed by atoms with Gasteiger partial charge in [0.25, 0.3) is 0 Å². The van der Waals surface area contributed by atoms with Gasteiger partial charge in [-0.15, -0.1) is 0 Å². The lowest BCUT2D eigenvalue weighted by molar-refractivity contribution is -0.136. The number of aliphatic carboxylic acids is 1. The summed E-state index contributed by atoms with van der Waals surface area (Å²) in [4.78, 5) is 23.1. The first-order chi connectivity index (χ1) is 12.5. The molecule has 0 aliphatic heterocycles. The average molecular weight is 358 g/mol. The summed E-state index contributed by atoms with van der Waals surface area (Å²) >= 11 is 0. The number of aliphatic hydroxyl groups is 1. The molecule has 0 amide bonds. The molecule has 4 heteroatoms. The number of aliphatic hydroxyl groups excluding tert-OH is 1. The summed E-state index contributed by atoms with van der Waals surface area (Å²) in [5.74, 6) is 6.29. The first kappa shape index (κ1) is 19.2. The van der Waals surface area contributed by atoms with Gasteiger partial charge in [-0.05, 0) is 55.8 Å². The van der Waals surface area contributed by atoms with Gasteiger partial charge in [0, 0.05) is 12.3 Å². The first-order valence-corrected chi connectivity index (χ1v) is 10.1. The lowest BCUT2D eigenvalue weighted by Crippen LogP contribution is -2.50. The molecule has 5 atom stereocenters. The standard InChI is InChI=1S/C22H30O4/c1-14-16(8-5-9-21(25)26)17-10-13-20(24)18(22(14)17)11-12-19(23)15-6-3-2-4-7-15/h8,14-15,17-18,20,22,24H,2-7,9-10,13H2,1H3,(H,25,26)/t14?,17-,18+,20-,22+/m1/s1. The van der Waals surface area contributed by atoms with Crippen LogP contribution in [-0.2, 0) is 9.59 Å². The van der Waals surface area contributed by atoms with E-state index in [0.717, 1.165) is 32.1 Å². The fraction of sp³-hybridized carbons (Fsp3) is 0.727. The second kappa shape index (κ2) is 8.39. The molecule has 3 fully saturated rings. The third kappa shape index (κ3) is 4.04. The Labute approximate surface area is 156 Å². The maximum atomic E-state index is 12.4. The Balaban J connectivity index is 1.66. The van der Waals surface area contributed by atoms with E-state index in [4.69, 9.17) is 5.11 Å². The summed E-state index contributed by atoms with van der Waals surface area (Å²) in [5, 5.41) is 19.3. The van der Waals surface area contributed by atoms with Crippen LogP contribution in [0.3, 0.4) is 0 Å². The fourth-order valence-corrected chi connectivity index (χ4v) is 5.23. The smallest absolute Gasteiger partial charge is 0.303 e. The summed E-state index contributed by atoms with van der Waals surface area (Å²) in [6.07, 6.45) is 9.38. The van der Waals surface area contributed by atoms with E-state index in [0.29, 0.717) is 30.6 Å². The highest BCUT2D eigenvalue weighted by Crippen LogP contribution is 2.55. The average Bonchev–Trinajstić information content (AvgIpc) is 2.64. The molecule has 3 rings (SSSR count). The molecule has 0 aromatic heterocycles. The lowest BCUT2D eigenvalue weighted by Gasteiger charge is -2.53. The van der Waals surface area contributed by atoms with Gasteiger partial charge in [-0.25, -0.2) is 0 Å². The maximum absolute atomic E-state index is 12.4. The Morgan fingerprint density at radius 2 is 1.88 bits per heavy atom. The molecule has 26 heavy (non-hydrogen) atoms. The van der Waals surface area contributed by atoms with Gasteiger partial charge in [-0.1, -0.05) is 43.8 Å². The van der Waals surface area contributed by atoms with E-state index in [1.165, 1.54) is 12.0 Å². The number of carboxylic acids is 1. The lowest BCUT2D eigenvalue weighted by atomic mass is 9.51. The van der Waals surface area contributed by atoms with E-state index >= 15 is 0 Å². The van der Waals surface area contributed by atoms with Gasteiger partial charge in [0.05, 0.1) is 12.0 Å². The number of fused-ring (bicyclic) bond motifs is 1. The summed E-state index contributed by atoms with van der Waals surface area (Å²) < 4.78 is 0. The Kier molecular flexibility index (Phi) is 6.19. The number of carboxylic acid groups (broad SMARTS) is 1. The van der Waals surface area contributed by atoms with Crippen LogP contribution >= 0.6 is 0 Å². The molecule has 0 heterocycles. The van der Waals surface area contributed by atoms with E-state index < -0.39 is 12.1 Å². The van der Waals surface area contributed by atoms with Crippen LogP contribution in [0.1, 0.15) is 64.7 Å². The number of hydrogen-bond donors (Lipinski definition) is 2. The number of hydrogen-bond acceptors (Lipinski definition) is 3.